The fourth-order valence-corrected chi connectivity index (χ4v) is 1.65. The number of hydrogen-bond acceptors (Lipinski definition) is 4. The van der Waals surface area contributed by atoms with Crippen molar-refractivity contribution in [1.82, 2.24) is 10.3 Å². The zero-order chi connectivity index (χ0) is 13.7. The molecule has 0 aliphatic rings. The van der Waals surface area contributed by atoms with Gasteiger partial charge < -0.3 is 16.2 Å². The summed E-state index contributed by atoms with van der Waals surface area (Å²) in [6.07, 6.45) is 3.57. The molecule has 0 atom stereocenters. The number of amides is 1. The van der Waals surface area contributed by atoms with Gasteiger partial charge in [0.2, 0.25) is 5.91 Å². The Balaban J connectivity index is 1.89. The lowest BCUT2D eigenvalue weighted by molar-refractivity contribution is -0.120. The molecule has 0 saturated heterocycles. The van der Waals surface area contributed by atoms with Crippen molar-refractivity contribution in [2.24, 2.45) is 0 Å². The summed E-state index contributed by atoms with van der Waals surface area (Å²) in [5, 5.41) is 12.3. The highest BCUT2D eigenvalue weighted by molar-refractivity contribution is 5.79. The molecular weight excluding hydrogens is 242 g/mol. The van der Waals surface area contributed by atoms with Gasteiger partial charge in [-0.2, -0.15) is 0 Å². The average Bonchev–Trinajstić information content (AvgIpc) is 2.42. The van der Waals surface area contributed by atoms with E-state index in [2.05, 4.69) is 10.3 Å². The molecule has 0 bridgehead atoms. The molecule has 0 spiro atoms. The van der Waals surface area contributed by atoms with E-state index in [1.807, 2.05) is 12.1 Å². The number of carbonyl (C=O) groups excluding carboxylic acids is 1. The Morgan fingerprint density at radius 2 is 1.95 bits per heavy atom. The Morgan fingerprint density at radius 1 is 1.21 bits per heavy atom. The number of aromatic nitrogens is 1. The van der Waals surface area contributed by atoms with Crippen LogP contribution in [-0.4, -0.2) is 16.0 Å². The lowest BCUT2D eigenvalue weighted by atomic mass is 10.1. The van der Waals surface area contributed by atoms with E-state index in [1.165, 1.54) is 6.07 Å². The van der Waals surface area contributed by atoms with Crippen LogP contribution in [0.3, 0.4) is 0 Å². The van der Waals surface area contributed by atoms with Gasteiger partial charge >= 0.3 is 0 Å². The molecule has 1 aromatic heterocycles. The summed E-state index contributed by atoms with van der Waals surface area (Å²) in [5.74, 6) is -0.111. The smallest absolute Gasteiger partial charge is 0.224 e. The number of nitrogen functional groups attached to an aromatic ring is 1. The van der Waals surface area contributed by atoms with Crippen LogP contribution < -0.4 is 11.1 Å². The van der Waals surface area contributed by atoms with Gasteiger partial charge in [-0.05, 0) is 35.4 Å². The number of rotatable bonds is 4. The molecular formula is C14H15N3O2. The Labute approximate surface area is 111 Å². The largest absolute Gasteiger partial charge is 0.506 e. The number of pyridine rings is 1. The SMILES string of the molecule is Nc1ccc(CC(=O)NCc2ccncc2)cc1O. The second kappa shape index (κ2) is 5.86. The highest BCUT2D eigenvalue weighted by atomic mass is 16.3. The summed E-state index contributed by atoms with van der Waals surface area (Å²) < 4.78 is 0. The van der Waals surface area contributed by atoms with Crippen LogP contribution >= 0.6 is 0 Å². The molecule has 0 saturated carbocycles. The van der Waals surface area contributed by atoms with Gasteiger partial charge in [0.05, 0.1) is 12.1 Å². The Morgan fingerprint density at radius 3 is 2.63 bits per heavy atom. The fraction of sp³-hybridized carbons (Fsp3) is 0.143. The summed E-state index contributed by atoms with van der Waals surface area (Å²) in [7, 11) is 0. The first-order valence-corrected chi connectivity index (χ1v) is 5.88. The monoisotopic (exact) mass is 257 g/mol. The van der Waals surface area contributed by atoms with Crippen LogP contribution in [0.15, 0.2) is 42.7 Å². The van der Waals surface area contributed by atoms with Gasteiger partial charge in [-0.1, -0.05) is 6.07 Å². The predicted octanol–water partition coefficient (Wildman–Crippen LogP) is 1.23. The molecule has 0 aliphatic carbocycles. The van der Waals surface area contributed by atoms with Gasteiger partial charge in [0, 0.05) is 18.9 Å². The minimum absolute atomic E-state index is 0.000524. The number of nitrogens with two attached hydrogens (primary N) is 1. The van der Waals surface area contributed by atoms with Crippen molar-refractivity contribution in [3.05, 3.63) is 53.9 Å². The third-order valence-electron chi connectivity index (χ3n) is 2.70. The molecule has 2 aromatic rings. The van der Waals surface area contributed by atoms with Crippen molar-refractivity contribution in [2.75, 3.05) is 5.73 Å². The van der Waals surface area contributed by atoms with Crippen molar-refractivity contribution in [3.8, 4) is 5.75 Å². The van der Waals surface area contributed by atoms with E-state index in [9.17, 15) is 9.90 Å². The second-order valence-electron chi connectivity index (χ2n) is 4.20. The molecule has 5 heteroatoms. The van der Waals surface area contributed by atoms with Gasteiger partial charge in [0.25, 0.3) is 0 Å². The van der Waals surface area contributed by atoms with Crippen LogP contribution in [0.25, 0.3) is 0 Å². The maximum atomic E-state index is 11.7. The van der Waals surface area contributed by atoms with Gasteiger partial charge in [-0.25, -0.2) is 0 Å². The first-order valence-electron chi connectivity index (χ1n) is 5.88. The zero-order valence-electron chi connectivity index (χ0n) is 10.3. The summed E-state index contributed by atoms with van der Waals surface area (Å²) in [6.45, 7) is 0.461. The molecule has 1 amide bonds. The quantitative estimate of drug-likeness (QED) is 0.567. The highest BCUT2D eigenvalue weighted by Gasteiger charge is 2.05. The maximum Gasteiger partial charge on any atom is 0.224 e. The zero-order valence-corrected chi connectivity index (χ0v) is 10.3. The minimum atomic E-state index is -0.110. The number of benzene rings is 1. The number of phenols is 1. The van der Waals surface area contributed by atoms with E-state index in [0.717, 1.165) is 11.1 Å². The van der Waals surface area contributed by atoms with E-state index in [0.29, 0.717) is 12.2 Å². The number of phenolic OH excluding ortho intramolecular Hbond substituents is 1. The predicted molar refractivity (Wildman–Crippen MR) is 72.3 cm³/mol. The second-order valence-corrected chi connectivity index (χ2v) is 4.20. The third kappa shape index (κ3) is 3.70. The molecule has 5 nitrogen and oxygen atoms in total. The molecule has 19 heavy (non-hydrogen) atoms. The van der Waals surface area contributed by atoms with Crippen molar-refractivity contribution in [1.29, 1.82) is 0 Å². The van der Waals surface area contributed by atoms with Crippen LogP contribution in [-0.2, 0) is 17.8 Å². The summed E-state index contributed by atoms with van der Waals surface area (Å²) >= 11 is 0. The molecule has 0 aliphatic heterocycles. The molecule has 0 radical (unpaired) electrons. The number of aromatic hydroxyl groups is 1. The average molecular weight is 257 g/mol. The molecule has 4 N–H and O–H groups in total. The topological polar surface area (TPSA) is 88.2 Å². The number of nitrogens with zero attached hydrogens (tertiary/aromatic N) is 1. The Kier molecular flexibility index (Phi) is 3.97. The third-order valence-corrected chi connectivity index (χ3v) is 2.70. The van der Waals surface area contributed by atoms with E-state index >= 15 is 0 Å². The van der Waals surface area contributed by atoms with Crippen molar-refractivity contribution in [3.63, 3.8) is 0 Å². The fourth-order valence-electron chi connectivity index (χ4n) is 1.65. The van der Waals surface area contributed by atoms with Gasteiger partial charge in [-0.15, -0.1) is 0 Å². The maximum absolute atomic E-state index is 11.7. The number of carbonyl (C=O) groups is 1. The molecule has 1 aromatic carbocycles. The molecule has 98 valence electrons. The normalized spacial score (nSPS) is 10.1. The Bertz CT molecular complexity index is 570. The van der Waals surface area contributed by atoms with E-state index in [4.69, 9.17) is 5.73 Å². The highest BCUT2D eigenvalue weighted by Crippen LogP contribution is 2.20. The van der Waals surface area contributed by atoms with Crippen LogP contribution in [0, 0.1) is 0 Å². The van der Waals surface area contributed by atoms with Crippen molar-refractivity contribution < 1.29 is 9.90 Å². The van der Waals surface area contributed by atoms with Crippen molar-refractivity contribution in [2.45, 2.75) is 13.0 Å². The Hall–Kier alpha value is -2.56. The lowest BCUT2D eigenvalue weighted by Crippen LogP contribution is -2.24. The molecule has 0 fully saturated rings. The first-order chi connectivity index (χ1) is 9.15. The number of nitrogens with one attached hydrogen (secondary N) is 1. The van der Waals surface area contributed by atoms with E-state index in [-0.39, 0.29) is 18.1 Å². The van der Waals surface area contributed by atoms with Crippen LogP contribution in [0.5, 0.6) is 5.75 Å². The first kappa shape index (κ1) is 12.9. The van der Waals surface area contributed by atoms with Gasteiger partial charge in [0.1, 0.15) is 5.75 Å². The minimum Gasteiger partial charge on any atom is -0.506 e. The summed E-state index contributed by atoms with van der Waals surface area (Å²) in [4.78, 5) is 15.6. The molecule has 1 heterocycles. The number of hydrogen-bond donors (Lipinski definition) is 3. The molecule has 2 rings (SSSR count). The van der Waals surface area contributed by atoms with Crippen LogP contribution in [0.2, 0.25) is 0 Å². The van der Waals surface area contributed by atoms with E-state index < -0.39 is 0 Å². The van der Waals surface area contributed by atoms with Crippen LogP contribution in [0.1, 0.15) is 11.1 Å². The van der Waals surface area contributed by atoms with Gasteiger partial charge in [0.15, 0.2) is 0 Å². The molecule has 0 unspecified atom stereocenters. The number of anilines is 1. The van der Waals surface area contributed by atoms with Crippen LogP contribution in [0.4, 0.5) is 5.69 Å². The van der Waals surface area contributed by atoms with Gasteiger partial charge in [-0.3, -0.25) is 9.78 Å². The summed E-state index contributed by atoms with van der Waals surface area (Å²) in [5.41, 5.74) is 7.51. The van der Waals surface area contributed by atoms with E-state index in [1.54, 1.807) is 24.5 Å². The standard InChI is InChI=1S/C14H15N3O2/c15-12-2-1-11(7-13(12)18)8-14(19)17-9-10-3-5-16-6-4-10/h1-7,18H,8-9,15H2,(H,17,19). The summed E-state index contributed by atoms with van der Waals surface area (Å²) in [6, 6.07) is 8.49. The lowest BCUT2D eigenvalue weighted by Gasteiger charge is -2.06. The van der Waals surface area contributed by atoms with Crippen molar-refractivity contribution >= 4 is 11.6 Å².